The molecule has 2 rings (SSSR count). The maximum atomic E-state index is 12.2. The zero-order chi connectivity index (χ0) is 17.9. The Balaban J connectivity index is 2.23. The molecule has 0 saturated heterocycles. The maximum Gasteiger partial charge on any atom is 0.163 e. The van der Waals surface area contributed by atoms with Crippen molar-refractivity contribution in [1.82, 2.24) is 0 Å². The lowest BCUT2D eigenvalue weighted by Crippen LogP contribution is -2.20. The van der Waals surface area contributed by atoms with Crippen LogP contribution in [-0.4, -0.2) is 21.8 Å². The van der Waals surface area contributed by atoms with Gasteiger partial charge >= 0.3 is 0 Å². The largest absolute Gasteiger partial charge is 0.512 e. The Bertz CT molecular complexity index is 578. The Morgan fingerprint density at radius 3 is 1.88 bits per heavy atom. The van der Waals surface area contributed by atoms with E-state index in [2.05, 4.69) is 26.8 Å². The molecule has 0 heterocycles. The van der Waals surface area contributed by atoms with Crippen molar-refractivity contribution in [3.8, 4) is 0 Å². The van der Waals surface area contributed by atoms with Crippen molar-refractivity contribution in [1.29, 1.82) is 0 Å². The molecule has 0 aromatic heterocycles. The number of Topliss-reactive ketones (excluding diaryl/α,β-unsaturated/α-hetero) is 2. The SMILES string of the molecule is CC(C)=CCC[C@H](C)CC(C1=C(O)CCC1=O)C1=C(O)CCC1=O. The van der Waals surface area contributed by atoms with Crippen molar-refractivity contribution in [2.24, 2.45) is 11.8 Å². The number of carbonyl (C=O) groups excluding carboxylic acids is 2. The number of hydrogen-bond acceptors (Lipinski definition) is 4. The molecule has 0 aromatic carbocycles. The van der Waals surface area contributed by atoms with Gasteiger partial charge < -0.3 is 10.2 Å². The van der Waals surface area contributed by atoms with Crippen molar-refractivity contribution < 1.29 is 19.8 Å². The van der Waals surface area contributed by atoms with Crippen LogP contribution in [0.1, 0.15) is 65.7 Å². The first-order valence-electron chi connectivity index (χ1n) is 8.85. The summed E-state index contributed by atoms with van der Waals surface area (Å²) in [5, 5.41) is 20.3. The smallest absolute Gasteiger partial charge is 0.163 e. The Labute approximate surface area is 144 Å². The van der Waals surface area contributed by atoms with E-state index in [1.807, 2.05) is 0 Å². The second kappa shape index (κ2) is 7.82. The molecule has 2 aliphatic rings. The van der Waals surface area contributed by atoms with Crippen LogP contribution in [0.2, 0.25) is 0 Å². The maximum absolute atomic E-state index is 12.2. The highest BCUT2D eigenvalue weighted by molar-refractivity contribution is 6.04. The Kier molecular flexibility index (Phi) is 6.03. The van der Waals surface area contributed by atoms with Crippen molar-refractivity contribution in [3.63, 3.8) is 0 Å². The molecule has 0 amide bonds. The molecule has 0 fully saturated rings. The molecule has 0 aromatic rings. The fraction of sp³-hybridized carbons (Fsp3) is 0.600. The van der Waals surface area contributed by atoms with Gasteiger partial charge in [0.05, 0.1) is 0 Å². The molecular weight excluding hydrogens is 304 g/mol. The van der Waals surface area contributed by atoms with Gasteiger partial charge in [0.15, 0.2) is 11.6 Å². The van der Waals surface area contributed by atoms with Crippen LogP contribution < -0.4 is 0 Å². The number of ketones is 2. The summed E-state index contributed by atoms with van der Waals surface area (Å²) in [4.78, 5) is 24.5. The molecule has 4 nitrogen and oxygen atoms in total. The number of aliphatic hydroxyl groups excluding tert-OH is 2. The summed E-state index contributed by atoms with van der Waals surface area (Å²) in [5.74, 6) is -0.157. The van der Waals surface area contributed by atoms with Gasteiger partial charge in [0.25, 0.3) is 0 Å². The first-order chi connectivity index (χ1) is 11.3. The molecule has 4 heteroatoms. The van der Waals surface area contributed by atoms with E-state index < -0.39 is 5.92 Å². The van der Waals surface area contributed by atoms with Crippen LogP contribution in [0.5, 0.6) is 0 Å². The molecule has 0 radical (unpaired) electrons. The molecule has 0 unspecified atom stereocenters. The number of hydrogen-bond donors (Lipinski definition) is 2. The van der Waals surface area contributed by atoms with Crippen LogP contribution in [0.4, 0.5) is 0 Å². The highest BCUT2D eigenvalue weighted by Crippen LogP contribution is 2.40. The molecular formula is C20H28O4. The Morgan fingerprint density at radius 1 is 1.00 bits per heavy atom. The van der Waals surface area contributed by atoms with Crippen molar-refractivity contribution in [2.45, 2.75) is 65.7 Å². The molecule has 0 bridgehead atoms. The minimum absolute atomic E-state index is 0.0889. The van der Waals surface area contributed by atoms with Crippen LogP contribution in [0.25, 0.3) is 0 Å². The summed E-state index contributed by atoms with van der Waals surface area (Å²) in [6.07, 6.45) is 5.98. The lowest BCUT2D eigenvalue weighted by Gasteiger charge is -2.23. The zero-order valence-electron chi connectivity index (χ0n) is 14.9. The van der Waals surface area contributed by atoms with Gasteiger partial charge in [-0.1, -0.05) is 18.6 Å². The van der Waals surface area contributed by atoms with Crippen LogP contribution in [0.15, 0.2) is 34.3 Å². The van der Waals surface area contributed by atoms with E-state index in [1.165, 1.54) is 5.57 Å². The van der Waals surface area contributed by atoms with Gasteiger partial charge in [0.2, 0.25) is 0 Å². The van der Waals surface area contributed by atoms with Crippen LogP contribution >= 0.6 is 0 Å². The number of aliphatic hydroxyl groups is 2. The summed E-state index contributed by atoms with van der Waals surface area (Å²) in [6, 6.07) is 0. The lowest BCUT2D eigenvalue weighted by atomic mass is 9.80. The lowest BCUT2D eigenvalue weighted by molar-refractivity contribution is -0.115. The van der Waals surface area contributed by atoms with Crippen LogP contribution in [0, 0.1) is 11.8 Å². The van der Waals surface area contributed by atoms with E-state index in [0.717, 1.165) is 12.8 Å². The van der Waals surface area contributed by atoms with Gasteiger partial charge in [-0.15, -0.1) is 0 Å². The molecule has 0 spiro atoms. The summed E-state index contributed by atoms with van der Waals surface area (Å²) >= 11 is 0. The first-order valence-corrected chi connectivity index (χ1v) is 8.85. The molecule has 0 aliphatic heterocycles. The second-order valence-electron chi connectivity index (χ2n) is 7.32. The van der Waals surface area contributed by atoms with E-state index in [1.54, 1.807) is 0 Å². The second-order valence-corrected chi connectivity index (χ2v) is 7.32. The molecule has 2 N–H and O–H groups in total. The Morgan fingerprint density at radius 2 is 1.50 bits per heavy atom. The highest BCUT2D eigenvalue weighted by atomic mass is 16.3. The molecule has 132 valence electrons. The summed E-state index contributed by atoms with van der Waals surface area (Å²) in [6.45, 7) is 6.22. The third-order valence-corrected chi connectivity index (χ3v) is 4.95. The minimum Gasteiger partial charge on any atom is -0.512 e. The highest BCUT2D eigenvalue weighted by Gasteiger charge is 2.38. The number of allylic oxidation sites excluding steroid dienone is 6. The van der Waals surface area contributed by atoms with E-state index in [0.29, 0.717) is 43.3 Å². The molecule has 24 heavy (non-hydrogen) atoms. The summed E-state index contributed by atoms with van der Waals surface area (Å²) < 4.78 is 0. The fourth-order valence-electron chi connectivity index (χ4n) is 3.67. The topological polar surface area (TPSA) is 74.6 Å². The first kappa shape index (κ1) is 18.5. The minimum atomic E-state index is -0.461. The summed E-state index contributed by atoms with van der Waals surface area (Å²) in [7, 11) is 0. The third kappa shape index (κ3) is 4.16. The molecule has 0 saturated carbocycles. The Hall–Kier alpha value is -1.84. The standard InChI is InChI=1S/C20H28O4/c1-12(2)5-4-6-13(3)11-14(19-15(21)7-8-16(19)22)20-17(23)9-10-18(20)24/h5,13-14,21,23H,4,6-11H2,1-3H3/t13-/m0/s1. The van der Waals surface area contributed by atoms with Gasteiger partial charge in [0, 0.05) is 42.7 Å². The van der Waals surface area contributed by atoms with Gasteiger partial charge in [-0.3, -0.25) is 9.59 Å². The van der Waals surface area contributed by atoms with E-state index in [4.69, 9.17) is 0 Å². The quantitative estimate of drug-likeness (QED) is 0.661. The van der Waals surface area contributed by atoms with Crippen LogP contribution in [0.3, 0.4) is 0 Å². The van der Waals surface area contributed by atoms with Crippen molar-refractivity contribution >= 4 is 11.6 Å². The average Bonchev–Trinajstić information content (AvgIpc) is 2.99. The average molecular weight is 332 g/mol. The monoisotopic (exact) mass is 332 g/mol. The van der Waals surface area contributed by atoms with Gasteiger partial charge in [0.1, 0.15) is 11.5 Å². The fourth-order valence-corrected chi connectivity index (χ4v) is 3.67. The van der Waals surface area contributed by atoms with E-state index in [9.17, 15) is 19.8 Å². The predicted molar refractivity (Wildman–Crippen MR) is 93.7 cm³/mol. The van der Waals surface area contributed by atoms with E-state index >= 15 is 0 Å². The van der Waals surface area contributed by atoms with Gasteiger partial charge in [-0.2, -0.15) is 0 Å². The zero-order valence-corrected chi connectivity index (χ0v) is 14.9. The molecule has 1 atom stereocenters. The number of carbonyl (C=O) groups is 2. The van der Waals surface area contributed by atoms with Crippen molar-refractivity contribution in [2.75, 3.05) is 0 Å². The normalized spacial score (nSPS) is 19.7. The molecule has 2 aliphatic carbocycles. The van der Waals surface area contributed by atoms with Crippen LogP contribution in [-0.2, 0) is 9.59 Å². The van der Waals surface area contributed by atoms with Gasteiger partial charge in [-0.25, -0.2) is 0 Å². The predicted octanol–water partition coefficient (Wildman–Crippen LogP) is 4.73. The van der Waals surface area contributed by atoms with Gasteiger partial charge in [-0.05, 0) is 39.0 Å². The number of rotatable bonds is 7. The third-order valence-electron chi connectivity index (χ3n) is 4.95. The van der Waals surface area contributed by atoms with Crippen molar-refractivity contribution in [3.05, 3.63) is 34.3 Å². The summed E-state index contributed by atoms with van der Waals surface area (Å²) in [5.41, 5.74) is 2.00. The van der Waals surface area contributed by atoms with E-state index in [-0.39, 0.29) is 29.0 Å².